The van der Waals surface area contributed by atoms with Gasteiger partial charge < -0.3 is 0 Å². The van der Waals surface area contributed by atoms with Gasteiger partial charge in [0.25, 0.3) is 0 Å². The highest BCUT2D eigenvalue weighted by atomic mass is 32.1. The smallest absolute Gasteiger partial charge is 0.195 e. The number of hydrogen-bond donors (Lipinski definition) is 0. The van der Waals surface area contributed by atoms with Crippen LogP contribution in [0.2, 0.25) is 0 Å². The highest BCUT2D eigenvalue weighted by molar-refractivity contribution is 7.29. The maximum atomic E-state index is 5.14. The van der Waals surface area contributed by atoms with Crippen molar-refractivity contribution in [2.24, 2.45) is 0 Å². The van der Waals surface area contributed by atoms with Crippen molar-refractivity contribution in [2.45, 2.75) is 0 Å². The lowest BCUT2D eigenvalue weighted by Gasteiger charge is -2.35. The van der Waals surface area contributed by atoms with E-state index in [2.05, 4.69) is 220 Å². The Bertz CT molecular complexity index is 3430. The quantitative estimate of drug-likeness (QED) is 0.122. The molecular formula is C51H34N4SSi. The van der Waals surface area contributed by atoms with Gasteiger partial charge in [-0.2, -0.15) is 0 Å². The van der Waals surface area contributed by atoms with Crippen molar-refractivity contribution in [1.82, 2.24) is 18.5 Å². The molecule has 0 aliphatic rings. The largest absolute Gasteiger partial charge is 0.295 e. The summed E-state index contributed by atoms with van der Waals surface area (Å²) in [6.45, 7) is 0. The van der Waals surface area contributed by atoms with E-state index in [1.807, 2.05) is 11.3 Å². The van der Waals surface area contributed by atoms with Crippen molar-refractivity contribution < 1.29 is 0 Å². The highest BCUT2D eigenvalue weighted by Gasteiger charge is 2.43. The molecule has 4 nitrogen and oxygen atoms in total. The van der Waals surface area contributed by atoms with Gasteiger partial charge in [-0.3, -0.25) is 13.5 Å². The average molecular weight is 763 g/mol. The van der Waals surface area contributed by atoms with Gasteiger partial charge in [0.1, 0.15) is 5.65 Å². The number of rotatable bonds is 6. The lowest BCUT2D eigenvalue weighted by molar-refractivity contribution is 1.07. The molecule has 12 rings (SSSR count). The fourth-order valence-electron chi connectivity index (χ4n) is 9.52. The van der Waals surface area contributed by atoms with Gasteiger partial charge in [-0.15, -0.1) is 0 Å². The predicted octanol–water partition coefficient (Wildman–Crippen LogP) is 10.1. The molecule has 0 saturated heterocycles. The molecular weight excluding hydrogens is 729 g/mol. The zero-order valence-corrected chi connectivity index (χ0v) is 32.6. The molecule has 0 unspecified atom stereocenters. The van der Waals surface area contributed by atoms with E-state index in [0.717, 1.165) is 27.4 Å². The number of thiazole rings is 1. The van der Waals surface area contributed by atoms with Crippen LogP contribution in [0.4, 0.5) is 0 Å². The van der Waals surface area contributed by atoms with Gasteiger partial charge in [0, 0.05) is 27.5 Å². The van der Waals surface area contributed by atoms with E-state index in [4.69, 9.17) is 4.98 Å². The minimum atomic E-state index is -3.01. The topological polar surface area (TPSA) is 27.2 Å². The van der Waals surface area contributed by atoms with Gasteiger partial charge in [0.05, 0.1) is 32.3 Å². The summed E-state index contributed by atoms with van der Waals surface area (Å²) in [5.41, 5.74) is 9.20. The van der Waals surface area contributed by atoms with Crippen LogP contribution in [0.15, 0.2) is 206 Å². The molecule has 4 heterocycles. The molecule has 0 aliphatic carbocycles. The normalized spacial score (nSPS) is 12.2. The Morgan fingerprint density at radius 1 is 0.421 bits per heavy atom. The highest BCUT2D eigenvalue weighted by Crippen LogP contribution is 2.40. The molecule has 0 bridgehead atoms. The molecule has 0 N–H and O–H groups in total. The van der Waals surface area contributed by atoms with E-state index in [0.29, 0.717) is 0 Å². The second kappa shape index (κ2) is 12.5. The SMILES string of the molecule is c1ccc(-n2c3ccccc3c3c4ccccc4n(-c4cccc([Si](c5ccccc5)(c5ccccc5)c5cccc6c5sc5nc7ccccc7n56)c4)c32)cc1. The van der Waals surface area contributed by atoms with Crippen LogP contribution < -0.4 is 20.7 Å². The van der Waals surface area contributed by atoms with Gasteiger partial charge in [-0.1, -0.05) is 163 Å². The first-order chi connectivity index (χ1) is 28.3. The third-order valence-electron chi connectivity index (χ3n) is 11.8. The van der Waals surface area contributed by atoms with Crippen molar-refractivity contribution >= 4 is 99.2 Å². The molecule has 0 atom stereocenters. The lowest BCUT2D eigenvalue weighted by atomic mass is 10.1. The third-order valence-corrected chi connectivity index (χ3v) is 17.9. The van der Waals surface area contributed by atoms with Crippen LogP contribution in [0.1, 0.15) is 0 Å². The van der Waals surface area contributed by atoms with E-state index in [9.17, 15) is 0 Å². The van der Waals surface area contributed by atoms with Gasteiger partial charge in [0.15, 0.2) is 13.0 Å². The average Bonchev–Trinajstić information content (AvgIpc) is 4.02. The number of benzene rings is 8. The summed E-state index contributed by atoms with van der Waals surface area (Å²) < 4.78 is 8.59. The summed E-state index contributed by atoms with van der Waals surface area (Å²) in [6, 6.07) is 75.9. The van der Waals surface area contributed by atoms with Gasteiger partial charge in [0.2, 0.25) is 0 Å². The fraction of sp³-hybridized carbons (Fsp3) is 0. The zero-order chi connectivity index (χ0) is 37.5. The van der Waals surface area contributed by atoms with Crippen molar-refractivity contribution in [3.8, 4) is 11.4 Å². The van der Waals surface area contributed by atoms with E-state index >= 15 is 0 Å². The molecule has 0 saturated carbocycles. The van der Waals surface area contributed by atoms with Crippen molar-refractivity contribution in [3.63, 3.8) is 0 Å². The summed E-state index contributed by atoms with van der Waals surface area (Å²) in [5.74, 6) is 0. The Morgan fingerprint density at radius 2 is 0.930 bits per heavy atom. The molecule has 0 fully saturated rings. The van der Waals surface area contributed by atoms with Crippen LogP contribution in [0, 0.1) is 0 Å². The lowest BCUT2D eigenvalue weighted by Crippen LogP contribution is -2.74. The van der Waals surface area contributed by atoms with Gasteiger partial charge in [-0.05, 0) is 75.3 Å². The maximum absolute atomic E-state index is 5.14. The summed E-state index contributed by atoms with van der Waals surface area (Å²) >= 11 is 1.81. The fourth-order valence-corrected chi connectivity index (χ4v) is 16.0. The number of fused-ring (bicyclic) bond motifs is 10. The standard InChI is InChI=1S/C51H34N4SSi/c1-4-18-35(19-5-1)53-43-29-13-10-26-40(43)48-41-27-11-14-30-44(41)54(50(48)53)36-20-16-25-39(34-36)57(37-21-6-2-7-22-37,38-23-8-3-9-24-38)47-33-17-32-46-49(47)56-51-52-42-28-12-15-31-45(42)55(46)51/h1-34H. The van der Waals surface area contributed by atoms with Crippen LogP contribution >= 0.6 is 11.3 Å². The number of hydrogen-bond acceptors (Lipinski definition) is 2. The molecule has 4 aromatic heterocycles. The summed E-state index contributed by atoms with van der Waals surface area (Å²) in [5, 5.41) is 9.16. The molecule has 57 heavy (non-hydrogen) atoms. The summed E-state index contributed by atoms with van der Waals surface area (Å²) in [4.78, 5) is 6.16. The van der Waals surface area contributed by atoms with E-state index in [-0.39, 0.29) is 0 Å². The van der Waals surface area contributed by atoms with Crippen molar-refractivity contribution in [3.05, 3.63) is 206 Å². The first-order valence-corrected chi connectivity index (χ1v) is 22.2. The molecule has 0 amide bonds. The van der Waals surface area contributed by atoms with E-state index in [1.54, 1.807) is 0 Å². The van der Waals surface area contributed by atoms with Gasteiger partial charge in [-0.25, -0.2) is 4.98 Å². The minimum absolute atomic E-state index is 1.02. The number of para-hydroxylation sites is 5. The summed E-state index contributed by atoms with van der Waals surface area (Å²) in [6.07, 6.45) is 0. The predicted molar refractivity (Wildman–Crippen MR) is 243 cm³/mol. The molecule has 0 spiro atoms. The van der Waals surface area contributed by atoms with Crippen LogP contribution in [0.25, 0.3) is 70.4 Å². The first-order valence-electron chi connectivity index (χ1n) is 19.4. The second-order valence-corrected chi connectivity index (χ2v) is 19.5. The zero-order valence-electron chi connectivity index (χ0n) is 30.8. The summed E-state index contributed by atoms with van der Waals surface area (Å²) in [7, 11) is -3.01. The third kappa shape index (κ3) is 4.57. The van der Waals surface area contributed by atoms with Crippen LogP contribution in [0.5, 0.6) is 0 Å². The van der Waals surface area contributed by atoms with Gasteiger partial charge >= 0.3 is 0 Å². The molecule has 12 aromatic rings. The van der Waals surface area contributed by atoms with E-state index in [1.165, 1.54) is 63.8 Å². The first kappa shape index (κ1) is 32.3. The Morgan fingerprint density at radius 3 is 1.61 bits per heavy atom. The Balaban J connectivity index is 1.21. The number of aromatic nitrogens is 4. The molecule has 268 valence electrons. The van der Waals surface area contributed by atoms with Crippen molar-refractivity contribution in [1.29, 1.82) is 0 Å². The second-order valence-electron chi connectivity index (χ2n) is 14.7. The van der Waals surface area contributed by atoms with Crippen LogP contribution in [0.3, 0.4) is 0 Å². The molecule has 6 heteroatoms. The minimum Gasteiger partial charge on any atom is -0.295 e. The van der Waals surface area contributed by atoms with Crippen LogP contribution in [-0.2, 0) is 0 Å². The number of imidazole rings is 1. The Kier molecular flexibility index (Phi) is 7.08. The number of nitrogens with zero attached hydrogens (tertiary/aromatic N) is 4. The molecule has 0 radical (unpaired) electrons. The van der Waals surface area contributed by atoms with Crippen LogP contribution in [-0.4, -0.2) is 26.6 Å². The monoisotopic (exact) mass is 762 g/mol. The maximum Gasteiger partial charge on any atom is 0.195 e. The Labute approximate surface area is 333 Å². The van der Waals surface area contributed by atoms with Crippen molar-refractivity contribution in [2.75, 3.05) is 0 Å². The van der Waals surface area contributed by atoms with E-state index < -0.39 is 8.07 Å². The molecule has 8 aromatic carbocycles. The molecule has 0 aliphatic heterocycles. The Hall–Kier alpha value is -6.99.